The zero-order valence-corrected chi connectivity index (χ0v) is 32.7. The topological polar surface area (TPSA) is 112 Å². The number of aryl methyl sites for hydroxylation is 1. The summed E-state index contributed by atoms with van der Waals surface area (Å²) in [5.74, 6) is -2.25. The van der Waals surface area contributed by atoms with Crippen molar-refractivity contribution >= 4 is 57.5 Å². The molecule has 0 spiro atoms. The lowest BCUT2D eigenvalue weighted by Crippen LogP contribution is -2.67. The molecule has 1 aromatic heterocycles. The van der Waals surface area contributed by atoms with Crippen LogP contribution in [0.5, 0.6) is 0 Å². The largest absolute Gasteiger partial charge is 0.466 e. The lowest BCUT2D eigenvalue weighted by molar-refractivity contribution is -0.254. The van der Waals surface area contributed by atoms with E-state index in [0.717, 1.165) is 23.7 Å². The molecule has 1 saturated carbocycles. The van der Waals surface area contributed by atoms with Crippen LogP contribution in [0.4, 0.5) is 5.69 Å². The predicted molar refractivity (Wildman–Crippen MR) is 205 cm³/mol. The number of aromatic nitrogens is 1. The smallest absolute Gasteiger partial charge is 0.308 e. The monoisotopic (exact) mass is 770 g/mol. The van der Waals surface area contributed by atoms with Crippen molar-refractivity contribution in [1.82, 2.24) is 14.4 Å². The van der Waals surface area contributed by atoms with Gasteiger partial charge in [-0.25, -0.2) is 0 Å². The van der Waals surface area contributed by atoms with E-state index in [4.69, 9.17) is 42.1 Å². The second-order valence-electron chi connectivity index (χ2n) is 14.2. The Hall–Kier alpha value is -3.03. The molecule has 3 aliphatic rings. The predicted octanol–water partition coefficient (Wildman–Crippen LogP) is 6.86. The molecule has 3 heterocycles. The molecule has 1 aliphatic carbocycles. The molecule has 3 fully saturated rings. The minimum atomic E-state index is -1.42. The highest BCUT2D eigenvalue weighted by Crippen LogP contribution is 2.40. The number of hydrogen-bond acceptors (Lipinski definition) is 9. The SMILES string of the molecule is CCOC(=O)[C@H]1CC[C@H](OC(C(=O)Cc2cc(Cl)c(NC(=O)c3cn(C)c4ccccc34)cc2Cl)(N2CCCC2)N2C[C@H](OCC)[C@H](OCC)C2)CC1. The number of benzene rings is 2. The Morgan fingerprint density at radius 1 is 0.868 bits per heavy atom. The van der Waals surface area contributed by atoms with Crippen LogP contribution in [0, 0.1) is 5.92 Å². The van der Waals surface area contributed by atoms with Crippen molar-refractivity contribution in [2.24, 2.45) is 13.0 Å². The van der Waals surface area contributed by atoms with Crippen LogP contribution in [0.3, 0.4) is 0 Å². The molecule has 6 rings (SSSR count). The van der Waals surface area contributed by atoms with Crippen LogP contribution in [-0.4, -0.2) is 102 Å². The maximum absolute atomic E-state index is 15.2. The van der Waals surface area contributed by atoms with Crippen molar-refractivity contribution in [2.75, 3.05) is 51.3 Å². The first-order chi connectivity index (χ1) is 25.6. The summed E-state index contributed by atoms with van der Waals surface area (Å²) in [6.45, 7) is 9.40. The Morgan fingerprint density at radius 2 is 1.53 bits per heavy atom. The summed E-state index contributed by atoms with van der Waals surface area (Å²) >= 11 is 13.7. The van der Waals surface area contributed by atoms with Crippen LogP contribution in [-0.2, 0) is 42.0 Å². The van der Waals surface area contributed by atoms with E-state index in [1.807, 2.05) is 56.7 Å². The molecule has 11 nitrogen and oxygen atoms in total. The number of fused-ring (bicyclic) bond motifs is 1. The third-order valence-corrected chi connectivity index (χ3v) is 11.5. The van der Waals surface area contributed by atoms with E-state index in [-0.39, 0.29) is 53.3 Å². The van der Waals surface area contributed by atoms with Gasteiger partial charge in [-0.15, -0.1) is 0 Å². The van der Waals surface area contributed by atoms with E-state index in [9.17, 15) is 9.59 Å². The van der Waals surface area contributed by atoms with Gasteiger partial charge in [0.15, 0.2) is 5.78 Å². The first-order valence-electron chi connectivity index (χ1n) is 19.0. The number of carbonyl (C=O) groups excluding carboxylic acids is 3. The van der Waals surface area contributed by atoms with E-state index in [0.29, 0.717) is 93.5 Å². The van der Waals surface area contributed by atoms with Crippen LogP contribution in [0.1, 0.15) is 75.2 Å². The number of ether oxygens (including phenoxy) is 4. The standard InChI is InChI=1S/C40H52Cl2N4O7/c1-5-50-35-24-46(25-36(35)51-6-2)40(45-18-10-11-19-45,53-28-16-14-26(15-17-28)39(49)52-7-3)37(47)21-27-20-32(42)33(22-31(27)41)43-38(48)30-23-44(4)34-13-9-8-12-29(30)34/h8-9,12-13,20,22-23,26,28,35-36H,5-7,10-11,14-19,21,24-25H2,1-4H3,(H,43,48)/t26-,28-,35-,36+,40?. The highest BCUT2D eigenvalue weighted by Gasteiger charge is 2.56. The van der Waals surface area contributed by atoms with Crippen LogP contribution < -0.4 is 5.32 Å². The van der Waals surface area contributed by atoms with Crippen LogP contribution in [0.15, 0.2) is 42.6 Å². The van der Waals surface area contributed by atoms with Crippen molar-refractivity contribution < 1.29 is 33.3 Å². The first kappa shape index (κ1) is 39.7. The van der Waals surface area contributed by atoms with Gasteiger partial charge in [-0.1, -0.05) is 41.4 Å². The van der Waals surface area contributed by atoms with Gasteiger partial charge in [0.2, 0.25) is 5.85 Å². The molecular formula is C40H52Cl2N4O7. The van der Waals surface area contributed by atoms with Gasteiger partial charge in [-0.05, 0) is 83.1 Å². The second kappa shape index (κ2) is 17.6. The number of nitrogens with zero attached hydrogens (tertiary/aromatic N) is 3. The zero-order chi connectivity index (χ0) is 37.7. The van der Waals surface area contributed by atoms with Gasteiger partial charge in [-0.3, -0.25) is 24.2 Å². The van der Waals surface area contributed by atoms with E-state index < -0.39 is 5.85 Å². The summed E-state index contributed by atoms with van der Waals surface area (Å²) < 4.78 is 26.7. The van der Waals surface area contributed by atoms with Crippen LogP contribution in [0.2, 0.25) is 10.0 Å². The third kappa shape index (κ3) is 8.47. The summed E-state index contributed by atoms with van der Waals surface area (Å²) in [5.41, 5.74) is 2.33. The number of hydrogen-bond donors (Lipinski definition) is 1. The molecule has 2 aliphatic heterocycles. The number of amides is 1. The van der Waals surface area contributed by atoms with Gasteiger partial charge in [0, 0.05) is 75.0 Å². The molecule has 0 bridgehead atoms. The zero-order valence-electron chi connectivity index (χ0n) is 31.2. The lowest BCUT2D eigenvalue weighted by atomic mass is 9.87. The van der Waals surface area contributed by atoms with Crippen molar-refractivity contribution in [1.29, 1.82) is 0 Å². The molecular weight excluding hydrogens is 719 g/mol. The highest BCUT2D eigenvalue weighted by atomic mass is 35.5. The minimum absolute atomic E-state index is 0.0557. The maximum Gasteiger partial charge on any atom is 0.308 e. The molecule has 3 aromatic rings. The fraction of sp³-hybridized carbons (Fsp3) is 0.575. The average Bonchev–Trinajstić information content (AvgIpc) is 3.91. The Bertz CT molecular complexity index is 1760. The number of esters is 1. The third-order valence-electron chi connectivity index (χ3n) is 10.8. The summed E-state index contributed by atoms with van der Waals surface area (Å²) in [5, 5.41) is 4.32. The molecule has 1 N–H and O–H groups in total. The van der Waals surface area contributed by atoms with Crippen molar-refractivity contribution in [3.05, 3.63) is 63.8 Å². The second-order valence-corrected chi connectivity index (χ2v) is 15.0. The fourth-order valence-corrected chi connectivity index (χ4v) is 8.72. The molecule has 2 saturated heterocycles. The summed E-state index contributed by atoms with van der Waals surface area (Å²) in [6.07, 6.45) is 5.38. The van der Waals surface area contributed by atoms with Gasteiger partial charge in [0.05, 0.1) is 47.1 Å². The molecule has 0 radical (unpaired) electrons. The average molecular weight is 772 g/mol. The molecule has 288 valence electrons. The van der Waals surface area contributed by atoms with E-state index in [1.54, 1.807) is 18.3 Å². The van der Waals surface area contributed by atoms with Gasteiger partial charge in [0.1, 0.15) is 0 Å². The summed E-state index contributed by atoms with van der Waals surface area (Å²) in [7, 11) is 1.89. The molecule has 2 aromatic carbocycles. The quantitative estimate of drug-likeness (QED) is 0.166. The minimum Gasteiger partial charge on any atom is -0.466 e. The number of anilines is 1. The summed E-state index contributed by atoms with van der Waals surface area (Å²) in [4.78, 5) is 45.5. The number of halogens is 2. The number of carbonyl (C=O) groups is 3. The Morgan fingerprint density at radius 3 is 2.17 bits per heavy atom. The highest BCUT2D eigenvalue weighted by molar-refractivity contribution is 6.36. The molecule has 3 atom stereocenters. The number of likely N-dealkylation sites (tertiary alicyclic amines) is 2. The van der Waals surface area contributed by atoms with Gasteiger partial charge in [0.25, 0.3) is 5.91 Å². The number of nitrogens with one attached hydrogen (secondary N) is 1. The molecule has 53 heavy (non-hydrogen) atoms. The van der Waals surface area contributed by atoms with E-state index >= 15 is 4.79 Å². The van der Waals surface area contributed by atoms with E-state index in [1.165, 1.54) is 0 Å². The Balaban J connectivity index is 1.29. The lowest BCUT2D eigenvalue weighted by Gasteiger charge is -2.48. The first-order valence-corrected chi connectivity index (χ1v) is 19.8. The summed E-state index contributed by atoms with van der Waals surface area (Å²) in [6, 6.07) is 11.0. The molecule has 13 heteroatoms. The van der Waals surface area contributed by atoms with Gasteiger partial charge < -0.3 is 28.8 Å². The number of Topliss-reactive ketones (excluding diaryl/α,β-unsaturated/α-hetero) is 1. The van der Waals surface area contributed by atoms with E-state index in [2.05, 4.69) is 15.1 Å². The molecule has 1 amide bonds. The van der Waals surface area contributed by atoms with Gasteiger partial charge in [-0.2, -0.15) is 0 Å². The Labute approximate surface area is 322 Å². The van der Waals surface area contributed by atoms with Gasteiger partial charge >= 0.3 is 5.97 Å². The fourth-order valence-electron chi connectivity index (χ4n) is 8.26. The van der Waals surface area contributed by atoms with Crippen LogP contribution >= 0.6 is 23.2 Å². The van der Waals surface area contributed by atoms with Crippen molar-refractivity contribution in [3.8, 4) is 0 Å². The normalized spacial score (nSPS) is 23.7. The van der Waals surface area contributed by atoms with Crippen LogP contribution in [0.25, 0.3) is 10.9 Å². The number of para-hydroxylation sites is 1. The van der Waals surface area contributed by atoms with Crippen molar-refractivity contribution in [2.45, 2.75) is 89.9 Å². The maximum atomic E-state index is 15.2. The van der Waals surface area contributed by atoms with Crippen molar-refractivity contribution in [3.63, 3.8) is 0 Å². The Kier molecular flexibility index (Phi) is 13.2. The number of ketones is 1. The molecule has 1 unspecified atom stereocenters. The number of rotatable bonds is 15.